The Morgan fingerprint density at radius 2 is 1.89 bits per heavy atom. The van der Waals surface area contributed by atoms with Gasteiger partial charge in [0.1, 0.15) is 6.61 Å². The van der Waals surface area contributed by atoms with Crippen LogP contribution >= 0.6 is 0 Å². The number of aryl methyl sites for hydroxylation is 2. The Morgan fingerprint density at radius 3 is 2.59 bits per heavy atom. The van der Waals surface area contributed by atoms with Gasteiger partial charge in [-0.05, 0) is 42.8 Å². The topological polar surface area (TPSA) is 65.4 Å². The lowest BCUT2D eigenvalue weighted by atomic mass is 10.1. The maximum Gasteiger partial charge on any atom is 0.251 e. The number of nitrogens with one attached hydrogen (secondary N) is 1. The highest BCUT2D eigenvalue weighted by Gasteiger charge is 2.09. The molecular formula is C21H23N3O3. The van der Waals surface area contributed by atoms with Crippen LogP contribution in [-0.2, 0) is 20.2 Å². The highest BCUT2D eigenvalue weighted by Crippen LogP contribution is 2.26. The number of para-hydroxylation sites is 2. The van der Waals surface area contributed by atoms with Crippen LogP contribution in [0, 0.1) is 6.92 Å². The zero-order chi connectivity index (χ0) is 19.2. The van der Waals surface area contributed by atoms with Gasteiger partial charge in [-0.15, -0.1) is 0 Å². The number of rotatable bonds is 7. The standard InChI is InChI=1S/C21H23N3O3/c1-15-11-18(24(2)23-15)13-22-21(25)17-8-6-7-16(12-17)14-27-20-10-5-4-9-19(20)26-3/h4-12H,13-14H2,1-3H3,(H,22,25). The number of ether oxygens (including phenoxy) is 2. The van der Waals surface area contributed by atoms with E-state index in [9.17, 15) is 4.79 Å². The molecule has 6 nitrogen and oxygen atoms in total. The van der Waals surface area contributed by atoms with Crippen LogP contribution in [0.4, 0.5) is 0 Å². The van der Waals surface area contributed by atoms with Gasteiger partial charge in [0.05, 0.1) is 25.0 Å². The van der Waals surface area contributed by atoms with E-state index in [-0.39, 0.29) is 5.91 Å². The molecule has 0 fully saturated rings. The van der Waals surface area contributed by atoms with Crippen molar-refractivity contribution in [1.82, 2.24) is 15.1 Å². The number of aromatic nitrogens is 2. The maximum atomic E-state index is 12.5. The summed E-state index contributed by atoms with van der Waals surface area (Å²) in [4.78, 5) is 12.5. The molecule has 1 heterocycles. The first-order valence-corrected chi connectivity index (χ1v) is 8.69. The fourth-order valence-corrected chi connectivity index (χ4v) is 2.80. The zero-order valence-electron chi connectivity index (χ0n) is 15.7. The lowest BCUT2D eigenvalue weighted by molar-refractivity contribution is 0.0950. The Balaban J connectivity index is 1.62. The van der Waals surface area contributed by atoms with Crippen molar-refractivity contribution in [3.05, 3.63) is 77.1 Å². The molecule has 1 amide bonds. The molecule has 3 rings (SSSR count). The lowest BCUT2D eigenvalue weighted by Gasteiger charge is -2.11. The summed E-state index contributed by atoms with van der Waals surface area (Å²) in [6, 6.07) is 16.8. The largest absolute Gasteiger partial charge is 0.493 e. The quantitative estimate of drug-likeness (QED) is 0.698. The third-order valence-electron chi connectivity index (χ3n) is 4.18. The maximum absolute atomic E-state index is 12.5. The first-order chi connectivity index (χ1) is 13.1. The van der Waals surface area contributed by atoms with Crippen molar-refractivity contribution in [3.8, 4) is 11.5 Å². The van der Waals surface area contributed by atoms with Crippen LogP contribution in [0.3, 0.4) is 0 Å². The molecule has 6 heteroatoms. The summed E-state index contributed by atoms with van der Waals surface area (Å²) in [5.41, 5.74) is 3.38. The van der Waals surface area contributed by atoms with E-state index in [4.69, 9.17) is 9.47 Å². The van der Waals surface area contributed by atoms with Gasteiger partial charge in [0.15, 0.2) is 11.5 Å². The van der Waals surface area contributed by atoms with Crippen molar-refractivity contribution < 1.29 is 14.3 Å². The van der Waals surface area contributed by atoms with Crippen LogP contribution in [0.5, 0.6) is 11.5 Å². The molecule has 0 atom stereocenters. The van der Waals surface area contributed by atoms with E-state index in [1.807, 2.05) is 62.5 Å². The van der Waals surface area contributed by atoms with E-state index in [0.717, 1.165) is 17.0 Å². The molecule has 0 aliphatic carbocycles. The van der Waals surface area contributed by atoms with Gasteiger partial charge >= 0.3 is 0 Å². The normalized spacial score (nSPS) is 10.5. The van der Waals surface area contributed by atoms with E-state index in [0.29, 0.717) is 30.2 Å². The molecule has 27 heavy (non-hydrogen) atoms. The second kappa shape index (κ2) is 8.40. The van der Waals surface area contributed by atoms with Crippen molar-refractivity contribution in [2.75, 3.05) is 7.11 Å². The summed E-state index contributed by atoms with van der Waals surface area (Å²) < 4.78 is 12.9. The molecule has 2 aromatic carbocycles. The number of carbonyl (C=O) groups excluding carboxylic acids is 1. The van der Waals surface area contributed by atoms with Crippen LogP contribution in [0.15, 0.2) is 54.6 Å². The summed E-state index contributed by atoms with van der Waals surface area (Å²) in [7, 11) is 3.47. The molecule has 0 saturated heterocycles. The number of methoxy groups -OCH3 is 1. The predicted octanol–water partition coefficient (Wildman–Crippen LogP) is 3.25. The summed E-state index contributed by atoms with van der Waals surface area (Å²) >= 11 is 0. The van der Waals surface area contributed by atoms with Crippen molar-refractivity contribution in [3.63, 3.8) is 0 Å². The minimum Gasteiger partial charge on any atom is -0.493 e. The van der Waals surface area contributed by atoms with E-state index >= 15 is 0 Å². The van der Waals surface area contributed by atoms with Crippen LogP contribution in [0.2, 0.25) is 0 Å². The average molecular weight is 365 g/mol. The molecule has 1 aromatic heterocycles. The van der Waals surface area contributed by atoms with Crippen LogP contribution < -0.4 is 14.8 Å². The number of amides is 1. The molecule has 1 N–H and O–H groups in total. The monoisotopic (exact) mass is 365 g/mol. The number of hydrogen-bond donors (Lipinski definition) is 1. The fraction of sp³-hybridized carbons (Fsp3) is 0.238. The van der Waals surface area contributed by atoms with Crippen molar-refractivity contribution in [2.45, 2.75) is 20.1 Å². The van der Waals surface area contributed by atoms with Gasteiger partial charge in [-0.1, -0.05) is 24.3 Å². The van der Waals surface area contributed by atoms with Crippen LogP contribution in [0.1, 0.15) is 27.3 Å². The first-order valence-electron chi connectivity index (χ1n) is 8.69. The van der Waals surface area contributed by atoms with E-state index in [1.165, 1.54) is 0 Å². The van der Waals surface area contributed by atoms with Gasteiger partial charge in [0, 0.05) is 12.6 Å². The lowest BCUT2D eigenvalue weighted by Crippen LogP contribution is -2.24. The van der Waals surface area contributed by atoms with Gasteiger partial charge in [-0.3, -0.25) is 9.48 Å². The molecule has 0 saturated carbocycles. The summed E-state index contributed by atoms with van der Waals surface area (Å²) in [6.07, 6.45) is 0. The van der Waals surface area contributed by atoms with E-state index in [1.54, 1.807) is 17.9 Å². The van der Waals surface area contributed by atoms with Gasteiger partial charge in [0.25, 0.3) is 5.91 Å². The van der Waals surface area contributed by atoms with Crippen molar-refractivity contribution in [1.29, 1.82) is 0 Å². The second-order valence-corrected chi connectivity index (χ2v) is 6.22. The smallest absolute Gasteiger partial charge is 0.251 e. The van der Waals surface area contributed by atoms with Gasteiger partial charge in [-0.2, -0.15) is 5.10 Å². The van der Waals surface area contributed by atoms with Crippen molar-refractivity contribution in [2.24, 2.45) is 7.05 Å². The van der Waals surface area contributed by atoms with Gasteiger partial charge in [-0.25, -0.2) is 0 Å². The Kier molecular flexibility index (Phi) is 5.76. The molecule has 140 valence electrons. The minimum absolute atomic E-state index is 0.131. The summed E-state index contributed by atoms with van der Waals surface area (Å²) in [6.45, 7) is 2.71. The molecule has 0 aliphatic heterocycles. The Labute approximate surface area is 158 Å². The average Bonchev–Trinajstić information content (AvgIpc) is 3.02. The van der Waals surface area contributed by atoms with Crippen molar-refractivity contribution >= 4 is 5.91 Å². The summed E-state index contributed by atoms with van der Waals surface area (Å²) in [5.74, 6) is 1.22. The number of hydrogen-bond acceptors (Lipinski definition) is 4. The number of carbonyl (C=O) groups is 1. The Hall–Kier alpha value is -3.28. The third kappa shape index (κ3) is 4.67. The number of nitrogens with zero attached hydrogens (tertiary/aromatic N) is 2. The second-order valence-electron chi connectivity index (χ2n) is 6.22. The minimum atomic E-state index is -0.131. The fourth-order valence-electron chi connectivity index (χ4n) is 2.80. The zero-order valence-corrected chi connectivity index (χ0v) is 15.7. The molecule has 0 spiro atoms. The molecular weight excluding hydrogens is 342 g/mol. The predicted molar refractivity (Wildman–Crippen MR) is 103 cm³/mol. The van der Waals surface area contributed by atoms with Gasteiger partial charge in [0.2, 0.25) is 0 Å². The molecule has 0 unspecified atom stereocenters. The van der Waals surface area contributed by atoms with Gasteiger partial charge < -0.3 is 14.8 Å². The highest BCUT2D eigenvalue weighted by atomic mass is 16.5. The van der Waals surface area contributed by atoms with Crippen LogP contribution in [0.25, 0.3) is 0 Å². The first kappa shape index (κ1) is 18.5. The highest BCUT2D eigenvalue weighted by molar-refractivity contribution is 5.94. The van der Waals surface area contributed by atoms with Crippen LogP contribution in [-0.4, -0.2) is 22.8 Å². The Bertz CT molecular complexity index is 934. The summed E-state index contributed by atoms with van der Waals surface area (Å²) in [5, 5.41) is 7.21. The molecule has 3 aromatic rings. The molecule has 0 bridgehead atoms. The third-order valence-corrected chi connectivity index (χ3v) is 4.18. The Morgan fingerprint density at radius 1 is 1.11 bits per heavy atom. The number of benzene rings is 2. The van der Waals surface area contributed by atoms with E-state index < -0.39 is 0 Å². The van der Waals surface area contributed by atoms with E-state index in [2.05, 4.69) is 10.4 Å². The molecule has 0 radical (unpaired) electrons. The SMILES string of the molecule is COc1ccccc1OCc1cccc(C(=O)NCc2cc(C)nn2C)c1. The molecule has 0 aliphatic rings.